The van der Waals surface area contributed by atoms with Crippen LogP contribution in [-0.4, -0.2) is 60.2 Å². The van der Waals surface area contributed by atoms with Gasteiger partial charge < -0.3 is 20.5 Å². The van der Waals surface area contributed by atoms with E-state index in [-0.39, 0.29) is 11.3 Å². The Labute approximate surface area is 154 Å². The highest BCUT2D eigenvalue weighted by atomic mass is 32.1. The zero-order valence-electron chi connectivity index (χ0n) is 14.3. The van der Waals surface area contributed by atoms with E-state index in [0.717, 1.165) is 36.9 Å². The summed E-state index contributed by atoms with van der Waals surface area (Å²) in [5.74, 6) is -1.15. The fraction of sp³-hybridized carbons (Fsp3) is 0.353. The lowest BCUT2D eigenvalue weighted by Gasteiger charge is -2.34. The number of carbonyl (C=O) groups excluding carboxylic acids is 2. The number of nitrogens with zero attached hydrogens (tertiary/aromatic N) is 3. The van der Waals surface area contributed by atoms with Crippen LogP contribution in [-0.2, 0) is 11.3 Å². The molecule has 1 aromatic heterocycles. The Balaban J connectivity index is 1.60. The summed E-state index contributed by atoms with van der Waals surface area (Å²) in [6.07, 6.45) is 0. The number of aromatic nitrogens is 1. The van der Waals surface area contributed by atoms with Crippen LogP contribution in [0.2, 0.25) is 0 Å². The van der Waals surface area contributed by atoms with Gasteiger partial charge in [-0.2, -0.15) is 0 Å². The highest BCUT2D eigenvalue weighted by Gasteiger charge is 2.21. The van der Waals surface area contributed by atoms with Gasteiger partial charge in [0.05, 0.1) is 7.11 Å². The number of piperazine rings is 1. The summed E-state index contributed by atoms with van der Waals surface area (Å²) in [6, 6.07) is 4.97. The van der Waals surface area contributed by atoms with Crippen molar-refractivity contribution < 1.29 is 19.4 Å². The third-order valence-corrected chi connectivity index (χ3v) is 5.16. The van der Waals surface area contributed by atoms with Gasteiger partial charge in [-0.3, -0.25) is 9.69 Å². The molecular formula is C17H20N4O4S. The van der Waals surface area contributed by atoms with Crippen LogP contribution in [0.3, 0.4) is 0 Å². The smallest absolute Gasteiger partial charge is 0.341 e. The van der Waals surface area contributed by atoms with Crippen molar-refractivity contribution in [2.75, 3.05) is 38.2 Å². The van der Waals surface area contributed by atoms with Gasteiger partial charge in [-0.15, -0.1) is 11.3 Å². The Morgan fingerprint density at radius 2 is 2.04 bits per heavy atom. The van der Waals surface area contributed by atoms with E-state index < -0.39 is 11.9 Å². The van der Waals surface area contributed by atoms with E-state index in [2.05, 4.69) is 19.5 Å². The normalized spacial score (nSPS) is 15.0. The Morgan fingerprint density at radius 3 is 2.65 bits per heavy atom. The zero-order chi connectivity index (χ0) is 18.7. The minimum atomic E-state index is -0.553. The van der Waals surface area contributed by atoms with Gasteiger partial charge in [0, 0.05) is 38.1 Å². The first-order chi connectivity index (χ1) is 12.5. The number of anilines is 1. The van der Waals surface area contributed by atoms with Crippen LogP contribution in [0.15, 0.2) is 23.6 Å². The summed E-state index contributed by atoms with van der Waals surface area (Å²) in [5, 5.41) is 12.3. The molecule has 0 bridgehead atoms. The molecule has 3 rings (SSSR count). The lowest BCUT2D eigenvalue weighted by atomic mass is 10.1. The number of methoxy groups -OCH3 is 1. The summed E-state index contributed by atoms with van der Waals surface area (Å²) in [7, 11) is 1.29. The number of amides is 1. The molecule has 0 unspecified atom stereocenters. The van der Waals surface area contributed by atoms with E-state index in [1.165, 1.54) is 24.5 Å². The van der Waals surface area contributed by atoms with Crippen molar-refractivity contribution >= 4 is 28.3 Å². The van der Waals surface area contributed by atoms with E-state index in [1.54, 1.807) is 17.5 Å². The van der Waals surface area contributed by atoms with Gasteiger partial charge in [0.15, 0.2) is 5.13 Å². The molecule has 3 N–H and O–H groups in total. The molecule has 1 aliphatic rings. The van der Waals surface area contributed by atoms with Crippen molar-refractivity contribution in [3.63, 3.8) is 0 Å². The molecule has 26 heavy (non-hydrogen) atoms. The van der Waals surface area contributed by atoms with Crippen molar-refractivity contribution in [2.45, 2.75) is 6.54 Å². The molecule has 8 nitrogen and oxygen atoms in total. The maximum absolute atomic E-state index is 11.7. The van der Waals surface area contributed by atoms with Gasteiger partial charge in [0.2, 0.25) is 0 Å². The Hall–Kier alpha value is -2.65. The maximum Gasteiger partial charge on any atom is 0.341 e. The number of nitrogens with two attached hydrogens (primary N) is 1. The second-order valence-electron chi connectivity index (χ2n) is 5.99. The summed E-state index contributed by atoms with van der Waals surface area (Å²) in [4.78, 5) is 31.5. The number of rotatable bonds is 5. The van der Waals surface area contributed by atoms with Gasteiger partial charge >= 0.3 is 5.97 Å². The number of hydrogen-bond acceptors (Lipinski definition) is 8. The van der Waals surface area contributed by atoms with Crippen molar-refractivity contribution in [2.24, 2.45) is 5.73 Å². The minimum absolute atomic E-state index is 0.0838. The van der Waals surface area contributed by atoms with Crippen LogP contribution in [0, 0.1) is 0 Å². The lowest BCUT2D eigenvalue weighted by molar-refractivity contribution is 0.0597. The second-order valence-corrected chi connectivity index (χ2v) is 6.82. The van der Waals surface area contributed by atoms with Crippen molar-refractivity contribution in [1.82, 2.24) is 9.88 Å². The number of carbonyl (C=O) groups is 2. The molecular weight excluding hydrogens is 356 g/mol. The number of phenols is 1. The highest BCUT2D eigenvalue weighted by molar-refractivity contribution is 7.13. The van der Waals surface area contributed by atoms with Crippen LogP contribution in [0.25, 0.3) is 0 Å². The van der Waals surface area contributed by atoms with Gasteiger partial charge in [0.25, 0.3) is 5.91 Å². The monoisotopic (exact) mass is 376 g/mol. The predicted octanol–water partition coefficient (Wildman–Crippen LogP) is 1.06. The van der Waals surface area contributed by atoms with Crippen LogP contribution in [0.5, 0.6) is 5.75 Å². The number of benzene rings is 1. The average Bonchev–Trinajstić information content (AvgIpc) is 3.14. The number of aromatic hydroxyl groups is 1. The summed E-state index contributed by atoms with van der Waals surface area (Å²) in [6.45, 7) is 3.88. The molecule has 1 saturated heterocycles. The maximum atomic E-state index is 11.7. The van der Waals surface area contributed by atoms with Gasteiger partial charge in [-0.1, -0.05) is 6.07 Å². The summed E-state index contributed by atoms with van der Waals surface area (Å²) < 4.78 is 4.69. The number of thiazole rings is 1. The first-order valence-electron chi connectivity index (χ1n) is 8.10. The van der Waals surface area contributed by atoms with Crippen LogP contribution in [0.4, 0.5) is 5.13 Å². The Bertz CT molecular complexity index is 815. The molecule has 0 aliphatic carbocycles. The van der Waals surface area contributed by atoms with Gasteiger partial charge in [0.1, 0.15) is 17.0 Å². The fourth-order valence-corrected chi connectivity index (χ4v) is 3.70. The van der Waals surface area contributed by atoms with E-state index in [9.17, 15) is 14.7 Å². The summed E-state index contributed by atoms with van der Waals surface area (Å²) in [5.41, 5.74) is 6.65. The number of hydrogen-bond donors (Lipinski definition) is 2. The predicted molar refractivity (Wildman–Crippen MR) is 97.6 cm³/mol. The Morgan fingerprint density at radius 1 is 1.31 bits per heavy atom. The van der Waals surface area contributed by atoms with Gasteiger partial charge in [-0.25, -0.2) is 9.78 Å². The fourth-order valence-electron chi connectivity index (χ4n) is 2.83. The first kappa shape index (κ1) is 18.2. The molecule has 1 fully saturated rings. The standard InChI is InChI=1S/C17H20N4O4S/c1-25-16(24)12-8-11(2-3-14(12)22)9-20-4-6-21(7-5-20)17-19-13(10-26-17)15(18)23/h2-3,8,10,22H,4-7,9H2,1H3,(H2,18,23). The SMILES string of the molecule is COC(=O)c1cc(CN2CCN(c3nc(C(N)=O)cs3)CC2)ccc1O. The lowest BCUT2D eigenvalue weighted by Crippen LogP contribution is -2.46. The molecule has 2 heterocycles. The third kappa shape index (κ3) is 3.94. The van der Waals surface area contributed by atoms with E-state index in [4.69, 9.17) is 5.73 Å². The van der Waals surface area contributed by atoms with Crippen molar-refractivity contribution in [3.8, 4) is 5.75 Å². The molecule has 1 amide bonds. The Kier molecular flexibility index (Phi) is 5.38. The number of esters is 1. The molecule has 0 radical (unpaired) electrons. The minimum Gasteiger partial charge on any atom is -0.507 e. The highest BCUT2D eigenvalue weighted by Crippen LogP contribution is 2.23. The zero-order valence-corrected chi connectivity index (χ0v) is 15.2. The molecule has 0 atom stereocenters. The number of ether oxygens (including phenoxy) is 1. The molecule has 0 saturated carbocycles. The number of primary amides is 1. The summed E-state index contributed by atoms with van der Waals surface area (Å²) >= 11 is 1.42. The molecule has 9 heteroatoms. The quantitative estimate of drug-likeness (QED) is 0.751. The topological polar surface area (TPSA) is 109 Å². The molecule has 138 valence electrons. The molecule has 1 aliphatic heterocycles. The van der Waals surface area contributed by atoms with Crippen LogP contribution < -0.4 is 10.6 Å². The molecule has 0 spiro atoms. The van der Waals surface area contributed by atoms with E-state index >= 15 is 0 Å². The first-order valence-corrected chi connectivity index (χ1v) is 8.98. The average molecular weight is 376 g/mol. The molecule has 1 aromatic carbocycles. The van der Waals surface area contributed by atoms with Gasteiger partial charge in [-0.05, 0) is 17.7 Å². The van der Waals surface area contributed by atoms with E-state index in [0.29, 0.717) is 12.2 Å². The second kappa shape index (κ2) is 7.71. The third-order valence-electron chi connectivity index (χ3n) is 4.26. The number of phenolic OH excluding ortho intramolecular Hbond substituents is 1. The van der Waals surface area contributed by atoms with Crippen LogP contribution in [0.1, 0.15) is 26.4 Å². The molecule has 2 aromatic rings. The van der Waals surface area contributed by atoms with Crippen LogP contribution >= 0.6 is 11.3 Å². The van der Waals surface area contributed by atoms with E-state index in [1.807, 2.05) is 0 Å². The van der Waals surface area contributed by atoms with Crippen molar-refractivity contribution in [1.29, 1.82) is 0 Å². The largest absolute Gasteiger partial charge is 0.507 e. The van der Waals surface area contributed by atoms with Crippen molar-refractivity contribution in [3.05, 3.63) is 40.4 Å².